The summed E-state index contributed by atoms with van der Waals surface area (Å²) in [5.74, 6) is 0. The Morgan fingerprint density at radius 1 is 1.30 bits per heavy atom. The van der Waals surface area contributed by atoms with E-state index in [1.807, 2.05) is 6.20 Å². The molecule has 0 spiro atoms. The van der Waals surface area contributed by atoms with Crippen molar-refractivity contribution in [3.05, 3.63) is 36.5 Å². The van der Waals surface area contributed by atoms with Crippen LogP contribution in [0.25, 0.3) is 10.9 Å². The van der Waals surface area contributed by atoms with E-state index in [0.717, 1.165) is 18.6 Å². The van der Waals surface area contributed by atoms with Gasteiger partial charge < -0.3 is 10.2 Å². The second-order valence-corrected chi connectivity index (χ2v) is 5.59. The predicted molar refractivity (Wildman–Crippen MR) is 85.3 cm³/mol. The third-order valence-electron chi connectivity index (χ3n) is 4.06. The lowest BCUT2D eigenvalue weighted by Crippen LogP contribution is -2.38. The molecule has 1 aromatic heterocycles. The standard InChI is InChI=1S/C17H23N3/c1-2-12-20(13-14-6-5-10-18-14)17-9-11-19-16-8-4-3-7-15(16)17/h3-4,7-9,11,14,18H,2,5-6,10,12-13H2,1H3. The first-order valence-corrected chi connectivity index (χ1v) is 7.70. The van der Waals surface area contributed by atoms with Crippen LogP contribution in [0.3, 0.4) is 0 Å². The van der Waals surface area contributed by atoms with Gasteiger partial charge in [0.2, 0.25) is 0 Å². The lowest BCUT2D eigenvalue weighted by atomic mass is 10.1. The van der Waals surface area contributed by atoms with Crippen molar-refractivity contribution < 1.29 is 0 Å². The van der Waals surface area contributed by atoms with Crippen LogP contribution in [-0.2, 0) is 0 Å². The van der Waals surface area contributed by atoms with Crippen LogP contribution in [0.2, 0.25) is 0 Å². The largest absolute Gasteiger partial charge is 0.369 e. The summed E-state index contributed by atoms with van der Waals surface area (Å²) in [6, 6.07) is 11.2. The van der Waals surface area contributed by atoms with Crippen molar-refractivity contribution >= 4 is 16.6 Å². The highest BCUT2D eigenvalue weighted by atomic mass is 15.2. The number of hydrogen-bond acceptors (Lipinski definition) is 3. The van der Waals surface area contributed by atoms with E-state index in [9.17, 15) is 0 Å². The van der Waals surface area contributed by atoms with Gasteiger partial charge in [-0.15, -0.1) is 0 Å². The number of hydrogen-bond donors (Lipinski definition) is 1. The normalized spacial score (nSPS) is 18.6. The Morgan fingerprint density at radius 2 is 2.20 bits per heavy atom. The van der Waals surface area contributed by atoms with Gasteiger partial charge in [-0.25, -0.2) is 0 Å². The van der Waals surface area contributed by atoms with Crippen LogP contribution in [0.4, 0.5) is 5.69 Å². The van der Waals surface area contributed by atoms with E-state index >= 15 is 0 Å². The molecule has 2 heterocycles. The van der Waals surface area contributed by atoms with Crippen LogP contribution < -0.4 is 10.2 Å². The molecule has 3 nitrogen and oxygen atoms in total. The van der Waals surface area contributed by atoms with Gasteiger partial charge >= 0.3 is 0 Å². The van der Waals surface area contributed by atoms with Crippen LogP contribution in [0.5, 0.6) is 0 Å². The highest BCUT2D eigenvalue weighted by Gasteiger charge is 2.19. The van der Waals surface area contributed by atoms with Crippen molar-refractivity contribution in [3.63, 3.8) is 0 Å². The zero-order valence-electron chi connectivity index (χ0n) is 12.2. The van der Waals surface area contributed by atoms with Gasteiger partial charge in [-0.1, -0.05) is 25.1 Å². The summed E-state index contributed by atoms with van der Waals surface area (Å²) >= 11 is 0. The molecule has 0 amide bonds. The summed E-state index contributed by atoms with van der Waals surface area (Å²) in [6.07, 6.45) is 5.71. The third-order valence-corrected chi connectivity index (χ3v) is 4.06. The van der Waals surface area contributed by atoms with Crippen molar-refractivity contribution in [2.45, 2.75) is 32.2 Å². The van der Waals surface area contributed by atoms with E-state index in [0.29, 0.717) is 6.04 Å². The molecule has 0 bridgehead atoms. The molecule has 20 heavy (non-hydrogen) atoms. The van der Waals surface area contributed by atoms with Crippen LogP contribution in [0.15, 0.2) is 36.5 Å². The lowest BCUT2D eigenvalue weighted by molar-refractivity contribution is 0.579. The molecule has 1 atom stereocenters. The van der Waals surface area contributed by atoms with E-state index in [1.54, 1.807) is 0 Å². The van der Waals surface area contributed by atoms with E-state index in [4.69, 9.17) is 0 Å². The molecule has 1 saturated heterocycles. The van der Waals surface area contributed by atoms with Crippen LogP contribution in [0.1, 0.15) is 26.2 Å². The fourth-order valence-corrected chi connectivity index (χ4v) is 3.12. The highest BCUT2D eigenvalue weighted by Crippen LogP contribution is 2.26. The SMILES string of the molecule is CCCN(CC1CCCN1)c1ccnc2ccccc12. The van der Waals surface area contributed by atoms with E-state index < -0.39 is 0 Å². The Labute approximate surface area is 121 Å². The molecule has 3 heteroatoms. The number of aromatic nitrogens is 1. The van der Waals surface area contributed by atoms with Gasteiger partial charge in [0.05, 0.1) is 5.52 Å². The van der Waals surface area contributed by atoms with Crippen molar-refractivity contribution in [1.82, 2.24) is 10.3 Å². The topological polar surface area (TPSA) is 28.2 Å². The number of anilines is 1. The summed E-state index contributed by atoms with van der Waals surface area (Å²) in [6.45, 7) is 5.62. The Balaban J connectivity index is 1.91. The zero-order chi connectivity index (χ0) is 13.8. The molecule has 1 unspecified atom stereocenters. The summed E-state index contributed by atoms with van der Waals surface area (Å²) in [4.78, 5) is 6.99. The molecule has 0 aliphatic carbocycles. The Morgan fingerprint density at radius 3 is 3.00 bits per heavy atom. The first-order valence-electron chi connectivity index (χ1n) is 7.70. The van der Waals surface area contributed by atoms with Gasteiger partial charge in [0, 0.05) is 36.4 Å². The number of fused-ring (bicyclic) bond motifs is 1. The molecular formula is C17H23N3. The second-order valence-electron chi connectivity index (χ2n) is 5.59. The lowest BCUT2D eigenvalue weighted by Gasteiger charge is -2.28. The fraction of sp³-hybridized carbons (Fsp3) is 0.471. The fourth-order valence-electron chi connectivity index (χ4n) is 3.12. The maximum atomic E-state index is 4.47. The monoisotopic (exact) mass is 269 g/mol. The number of para-hydroxylation sites is 1. The Kier molecular flexibility index (Phi) is 4.16. The average Bonchev–Trinajstić information content (AvgIpc) is 2.99. The Bertz CT molecular complexity index is 556. The van der Waals surface area contributed by atoms with Gasteiger partial charge in [0.25, 0.3) is 0 Å². The first-order chi connectivity index (χ1) is 9.88. The number of rotatable bonds is 5. The minimum atomic E-state index is 0.633. The number of pyridine rings is 1. The molecule has 1 aromatic carbocycles. The summed E-state index contributed by atoms with van der Waals surface area (Å²) < 4.78 is 0. The number of nitrogens with zero attached hydrogens (tertiary/aromatic N) is 2. The molecule has 0 radical (unpaired) electrons. The average molecular weight is 269 g/mol. The van der Waals surface area contributed by atoms with Gasteiger partial charge in [0.15, 0.2) is 0 Å². The molecular weight excluding hydrogens is 246 g/mol. The van der Waals surface area contributed by atoms with E-state index in [-0.39, 0.29) is 0 Å². The van der Waals surface area contributed by atoms with Gasteiger partial charge in [-0.2, -0.15) is 0 Å². The number of nitrogens with one attached hydrogen (secondary N) is 1. The maximum absolute atomic E-state index is 4.47. The van der Waals surface area contributed by atoms with Crippen LogP contribution >= 0.6 is 0 Å². The predicted octanol–water partition coefficient (Wildman–Crippen LogP) is 3.20. The van der Waals surface area contributed by atoms with E-state index in [1.165, 1.54) is 36.9 Å². The second kappa shape index (κ2) is 6.23. The van der Waals surface area contributed by atoms with Crippen LogP contribution in [0, 0.1) is 0 Å². The van der Waals surface area contributed by atoms with E-state index in [2.05, 4.69) is 52.5 Å². The summed E-state index contributed by atoms with van der Waals surface area (Å²) in [7, 11) is 0. The third kappa shape index (κ3) is 2.78. The van der Waals surface area contributed by atoms with Gasteiger partial charge in [0.1, 0.15) is 0 Å². The molecule has 2 aromatic rings. The molecule has 1 aliphatic heterocycles. The minimum Gasteiger partial charge on any atom is -0.369 e. The number of benzene rings is 1. The van der Waals surface area contributed by atoms with Crippen molar-refractivity contribution in [2.24, 2.45) is 0 Å². The smallest absolute Gasteiger partial charge is 0.0722 e. The van der Waals surface area contributed by atoms with Gasteiger partial charge in [-0.3, -0.25) is 4.98 Å². The molecule has 1 fully saturated rings. The minimum absolute atomic E-state index is 0.633. The molecule has 1 N–H and O–H groups in total. The molecule has 0 saturated carbocycles. The van der Waals surface area contributed by atoms with Gasteiger partial charge in [-0.05, 0) is 37.9 Å². The zero-order valence-corrected chi connectivity index (χ0v) is 12.2. The van der Waals surface area contributed by atoms with Crippen LogP contribution in [-0.4, -0.2) is 30.7 Å². The molecule has 3 rings (SSSR count). The Hall–Kier alpha value is -1.61. The maximum Gasteiger partial charge on any atom is 0.0722 e. The quantitative estimate of drug-likeness (QED) is 0.903. The summed E-state index contributed by atoms with van der Waals surface area (Å²) in [5, 5.41) is 4.87. The summed E-state index contributed by atoms with van der Waals surface area (Å²) in [5.41, 5.74) is 2.41. The van der Waals surface area contributed by atoms with Crippen molar-refractivity contribution in [3.8, 4) is 0 Å². The molecule has 106 valence electrons. The highest BCUT2D eigenvalue weighted by molar-refractivity contribution is 5.91. The van der Waals surface area contributed by atoms with Crippen molar-refractivity contribution in [2.75, 3.05) is 24.5 Å². The molecule has 1 aliphatic rings. The first kappa shape index (κ1) is 13.4. The van der Waals surface area contributed by atoms with Crippen molar-refractivity contribution in [1.29, 1.82) is 0 Å².